The fourth-order valence-corrected chi connectivity index (χ4v) is 2.64. The first kappa shape index (κ1) is 28.9. The van der Waals surface area contributed by atoms with Crippen LogP contribution in [0.25, 0.3) is 0 Å². The minimum Gasteiger partial charge on any atom is -0.462 e. The van der Waals surface area contributed by atoms with E-state index in [1.54, 1.807) is 0 Å². The Morgan fingerprint density at radius 3 is 1.33 bits per heavy atom. The predicted molar refractivity (Wildman–Crippen MR) is 127 cm³/mol. The molecule has 0 aliphatic heterocycles. The van der Waals surface area contributed by atoms with Crippen LogP contribution in [0.15, 0.2) is 60.7 Å². The van der Waals surface area contributed by atoms with Gasteiger partial charge >= 0.3 is 17.9 Å². The van der Waals surface area contributed by atoms with Gasteiger partial charge < -0.3 is 33.2 Å². The van der Waals surface area contributed by atoms with Gasteiger partial charge in [0.2, 0.25) is 0 Å². The van der Waals surface area contributed by atoms with E-state index in [9.17, 15) is 14.4 Å². The van der Waals surface area contributed by atoms with E-state index >= 15 is 0 Å². The number of esters is 3. The van der Waals surface area contributed by atoms with Crippen LogP contribution in [0.2, 0.25) is 0 Å². The second-order valence-corrected chi connectivity index (χ2v) is 7.28. The molecule has 0 unspecified atom stereocenters. The number of carbonyl (C=O) groups is 3. The normalized spacial score (nSPS) is 10.6. The van der Waals surface area contributed by atoms with Crippen LogP contribution in [-0.2, 0) is 60.8 Å². The first-order valence-corrected chi connectivity index (χ1v) is 11.5. The lowest BCUT2D eigenvalue weighted by molar-refractivity contribution is -0.155. The third-order valence-corrected chi connectivity index (χ3v) is 4.37. The molecule has 0 amide bonds. The molecule has 0 aliphatic rings. The summed E-state index contributed by atoms with van der Waals surface area (Å²) < 4.78 is 35.7. The highest BCUT2D eigenvalue weighted by atomic mass is 16.6. The van der Waals surface area contributed by atoms with Crippen LogP contribution in [0.5, 0.6) is 0 Å². The summed E-state index contributed by atoms with van der Waals surface area (Å²) in [6.45, 7) is 0.557. The molecule has 0 heterocycles. The molecule has 0 bridgehead atoms. The summed E-state index contributed by atoms with van der Waals surface area (Å²) in [6.07, 6.45) is 0. The van der Waals surface area contributed by atoms with Crippen molar-refractivity contribution in [3.63, 3.8) is 0 Å². The summed E-state index contributed by atoms with van der Waals surface area (Å²) in [5, 5.41) is 0. The summed E-state index contributed by atoms with van der Waals surface area (Å²) in [5.41, 5.74) is 1.94. The molecule has 0 saturated carbocycles. The molecule has 0 radical (unpaired) electrons. The number of ether oxygens (including phenoxy) is 7. The van der Waals surface area contributed by atoms with Crippen molar-refractivity contribution in [2.45, 2.75) is 13.2 Å². The average Bonchev–Trinajstić information content (AvgIpc) is 2.90. The molecule has 10 nitrogen and oxygen atoms in total. The zero-order valence-electron chi connectivity index (χ0n) is 20.1. The van der Waals surface area contributed by atoms with Crippen molar-refractivity contribution in [1.29, 1.82) is 0 Å². The van der Waals surface area contributed by atoms with Crippen molar-refractivity contribution in [3.05, 3.63) is 71.8 Å². The van der Waals surface area contributed by atoms with Crippen molar-refractivity contribution < 1.29 is 47.5 Å². The van der Waals surface area contributed by atoms with Crippen LogP contribution in [0.1, 0.15) is 11.1 Å². The molecule has 0 N–H and O–H groups in total. The van der Waals surface area contributed by atoms with Crippen LogP contribution < -0.4 is 0 Å². The van der Waals surface area contributed by atoms with E-state index in [1.807, 2.05) is 60.7 Å². The zero-order valence-corrected chi connectivity index (χ0v) is 20.1. The van der Waals surface area contributed by atoms with Gasteiger partial charge in [-0.15, -0.1) is 0 Å². The van der Waals surface area contributed by atoms with Gasteiger partial charge in [0.15, 0.2) is 0 Å². The van der Waals surface area contributed by atoms with E-state index in [1.165, 1.54) is 0 Å². The summed E-state index contributed by atoms with van der Waals surface area (Å²) in [5.74, 6) is -1.65. The standard InChI is InChI=1S/C26H32O10/c27-24(19-31-12-11-30-17-22-7-3-1-4-8-22)34-15-13-32-20-25(28)35-16-14-33-21-26(29)36-18-23-9-5-2-6-10-23/h1-10H,11-21H2. The summed E-state index contributed by atoms with van der Waals surface area (Å²) >= 11 is 0. The molecule has 0 spiro atoms. The van der Waals surface area contributed by atoms with Gasteiger partial charge in [-0.05, 0) is 11.1 Å². The van der Waals surface area contributed by atoms with Crippen molar-refractivity contribution in [2.24, 2.45) is 0 Å². The Balaban J connectivity index is 1.33. The third-order valence-electron chi connectivity index (χ3n) is 4.37. The highest BCUT2D eigenvalue weighted by Crippen LogP contribution is 2.01. The van der Waals surface area contributed by atoms with Crippen LogP contribution in [0.4, 0.5) is 0 Å². The molecular formula is C26H32O10. The van der Waals surface area contributed by atoms with Gasteiger partial charge in [0.05, 0.1) is 33.0 Å². The minimum absolute atomic E-state index is 0.0197. The van der Waals surface area contributed by atoms with Crippen molar-refractivity contribution >= 4 is 17.9 Å². The summed E-state index contributed by atoms with van der Waals surface area (Å²) in [6, 6.07) is 19.0. The second kappa shape index (κ2) is 18.9. The summed E-state index contributed by atoms with van der Waals surface area (Å²) in [7, 11) is 0. The van der Waals surface area contributed by atoms with Gasteiger partial charge in [0.1, 0.15) is 39.6 Å². The quantitative estimate of drug-likeness (QED) is 0.160. The Morgan fingerprint density at radius 2 is 0.833 bits per heavy atom. The average molecular weight is 505 g/mol. The second-order valence-electron chi connectivity index (χ2n) is 7.28. The van der Waals surface area contributed by atoms with Crippen molar-refractivity contribution in [1.82, 2.24) is 0 Å². The molecule has 0 atom stereocenters. The number of benzene rings is 2. The number of hydrogen-bond acceptors (Lipinski definition) is 10. The van der Waals surface area contributed by atoms with Crippen LogP contribution >= 0.6 is 0 Å². The molecule has 0 fully saturated rings. The maximum Gasteiger partial charge on any atom is 0.332 e. The van der Waals surface area contributed by atoms with Gasteiger partial charge in [-0.2, -0.15) is 0 Å². The minimum atomic E-state index is -0.601. The smallest absolute Gasteiger partial charge is 0.332 e. The number of hydrogen-bond donors (Lipinski definition) is 0. The number of rotatable bonds is 19. The van der Waals surface area contributed by atoms with Gasteiger partial charge in [0, 0.05) is 0 Å². The maximum atomic E-state index is 11.6. The van der Waals surface area contributed by atoms with Crippen LogP contribution in [0, 0.1) is 0 Å². The monoisotopic (exact) mass is 504 g/mol. The van der Waals surface area contributed by atoms with Crippen LogP contribution in [-0.4, -0.2) is 77.4 Å². The van der Waals surface area contributed by atoms with E-state index < -0.39 is 17.9 Å². The lowest BCUT2D eigenvalue weighted by Crippen LogP contribution is -2.20. The van der Waals surface area contributed by atoms with Crippen molar-refractivity contribution in [3.8, 4) is 0 Å². The zero-order chi connectivity index (χ0) is 25.7. The van der Waals surface area contributed by atoms with Gasteiger partial charge in [-0.1, -0.05) is 60.7 Å². The Morgan fingerprint density at radius 1 is 0.444 bits per heavy atom. The van der Waals surface area contributed by atoms with E-state index in [-0.39, 0.29) is 59.5 Å². The molecule has 2 aromatic rings. The Kier molecular flexibility index (Phi) is 15.2. The Labute approximate surface area is 210 Å². The molecule has 36 heavy (non-hydrogen) atoms. The first-order chi connectivity index (χ1) is 17.6. The van der Waals surface area contributed by atoms with Gasteiger partial charge in [-0.3, -0.25) is 0 Å². The lowest BCUT2D eigenvalue weighted by atomic mass is 10.2. The molecular weight excluding hydrogens is 472 g/mol. The Hall–Kier alpha value is -3.31. The Bertz CT molecular complexity index is 873. The van der Waals surface area contributed by atoms with Crippen molar-refractivity contribution in [2.75, 3.05) is 59.5 Å². The third kappa shape index (κ3) is 14.8. The predicted octanol–water partition coefficient (Wildman–Crippen LogP) is 2.08. The molecule has 10 heteroatoms. The maximum absolute atomic E-state index is 11.6. The molecule has 196 valence electrons. The molecule has 2 rings (SSSR count). The van der Waals surface area contributed by atoms with E-state index in [4.69, 9.17) is 33.2 Å². The molecule has 0 aromatic heterocycles. The fourth-order valence-electron chi connectivity index (χ4n) is 2.64. The van der Waals surface area contributed by atoms with Crippen LogP contribution in [0.3, 0.4) is 0 Å². The largest absolute Gasteiger partial charge is 0.462 e. The number of carbonyl (C=O) groups excluding carboxylic acids is 3. The van der Waals surface area contributed by atoms with Gasteiger partial charge in [-0.25, -0.2) is 14.4 Å². The van der Waals surface area contributed by atoms with Gasteiger partial charge in [0.25, 0.3) is 0 Å². The topological polar surface area (TPSA) is 116 Å². The fraction of sp³-hybridized carbons (Fsp3) is 0.423. The molecule has 0 aliphatic carbocycles. The van der Waals surface area contributed by atoms with E-state index in [0.29, 0.717) is 13.2 Å². The highest BCUT2D eigenvalue weighted by Gasteiger charge is 2.07. The SMILES string of the molecule is O=C(COCCOCc1ccccc1)OCCOCC(=O)OCCOCC(=O)OCc1ccccc1. The molecule has 0 saturated heterocycles. The van der Waals surface area contributed by atoms with E-state index in [0.717, 1.165) is 11.1 Å². The summed E-state index contributed by atoms with van der Waals surface area (Å²) in [4.78, 5) is 34.7. The molecule has 2 aromatic carbocycles. The highest BCUT2D eigenvalue weighted by molar-refractivity contribution is 5.71. The first-order valence-electron chi connectivity index (χ1n) is 11.5. The van der Waals surface area contributed by atoms with E-state index in [2.05, 4.69) is 0 Å². The lowest BCUT2D eigenvalue weighted by Gasteiger charge is -2.08.